The Bertz CT molecular complexity index is 3220. The SMILES string of the molecule is c1ccc(-c2nc3nc(n2)c2cccc4oc5ccc(cc5c42)c2ccc(-c4ccc5sc6ccccc6c5c4)cc2c2cccc3c2)cc1. The average molecular weight is 656 g/mol. The Labute approximate surface area is 289 Å². The summed E-state index contributed by atoms with van der Waals surface area (Å²) in [6, 6.07) is 53.7. The van der Waals surface area contributed by atoms with Gasteiger partial charge in [-0.1, -0.05) is 103 Å². The molecule has 0 aliphatic rings. The number of hydrogen-bond acceptors (Lipinski definition) is 5. The minimum atomic E-state index is 0.619. The summed E-state index contributed by atoms with van der Waals surface area (Å²) >= 11 is 1.85. The van der Waals surface area contributed by atoms with Crippen molar-refractivity contribution >= 4 is 97.1 Å². The van der Waals surface area contributed by atoms with Gasteiger partial charge in [0.25, 0.3) is 0 Å². The van der Waals surface area contributed by atoms with E-state index in [-0.39, 0.29) is 0 Å². The van der Waals surface area contributed by atoms with E-state index in [9.17, 15) is 0 Å². The largest absolute Gasteiger partial charge is 0.456 e. The molecule has 11 rings (SSSR count). The minimum absolute atomic E-state index is 0.619. The summed E-state index contributed by atoms with van der Waals surface area (Å²) in [5.41, 5.74) is 6.19. The van der Waals surface area contributed by atoms with Gasteiger partial charge < -0.3 is 4.42 Å². The molecule has 0 N–H and O–H groups in total. The Morgan fingerprint density at radius 3 is 2.06 bits per heavy atom. The number of fused-ring (bicyclic) bond motifs is 13. The van der Waals surface area contributed by atoms with E-state index >= 15 is 0 Å². The standard InChI is InChI=1S/C45H25N3OS/c1-2-8-26(9-3-1)43-46-44-31-11-6-10-29(22-31)35-23-27(28-18-21-41-36(24-28)33-12-4-5-15-40(33)50-41)16-19-32(35)30-17-20-38-37(25-30)42-34(45(47-43)48-44)13-7-14-39(42)49-38/h1-25H. The van der Waals surface area contributed by atoms with Crippen molar-refractivity contribution < 1.29 is 4.42 Å². The van der Waals surface area contributed by atoms with E-state index in [2.05, 4.69) is 109 Å². The van der Waals surface area contributed by atoms with Crippen molar-refractivity contribution in [3.05, 3.63) is 152 Å². The van der Waals surface area contributed by atoms with Crippen LogP contribution in [0.15, 0.2) is 156 Å². The number of aromatic nitrogens is 3. The maximum Gasteiger partial charge on any atom is 0.164 e. The lowest BCUT2D eigenvalue weighted by Crippen LogP contribution is -1.94. The van der Waals surface area contributed by atoms with E-state index in [1.165, 1.54) is 31.3 Å². The van der Waals surface area contributed by atoms with Crippen molar-refractivity contribution in [3.63, 3.8) is 0 Å². The fourth-order valence-corrected chi connectivity index (χ4v) is 8.55. The summed E-state index contributed by atoms with van der Waals surface area (Å²) in [7, 11) is 0. The fourth-order valence-electron chi connectivity index (χ4n) is 7.47. The van der Waals surface area contributed by atoms with Crippen LogP contribution in [0.25, 0.3) is 108 Å². The summed E-state index contributed by atoms with van der Waals surface area (Å²) in [6.07, 6.45) is 0. The zero-order chi connectivity index (χ0) is 32.8. The van der Waals surface area contributed by atoms with Crippen molar-refractivity contribution in [2.24, 2.45) is 0 Å². The van der Waals surface area contributed by atoms with Crippen LogP contribution in [0.4, 0.5) is 0 Å². The van der Waals surface area contributed by atoms with Gasteiger partial charge in [0.1, 0.15) is 11.2 Å². The van der Waals surface area contributed by atoms with Gasteiger partial charge in [0.05, 0.1) is 0 Å². The molecule has 0 fully saturated rings. The Morgan fingerprint density at radius 2 is 1.12 bits per heavy atom. The fraction of sp³-hybridized carbons (Fsp3) is 0. The zero-order valence-electron chi connectivity index (χ0n) is 26.6. The number of hydrogen-bond donors (Lipinski definition) is 0. The first-order chi connectivity index (χ1) is 24.7. The van der Waals surface area contributed by atoms with Gasteiger partial charge in [0.15, 0.2) is 17.1 Å². The van der Waals surface area contributed by atoms with Crippen molar-refractivity contribution in [2.45, 2.75) is 0 Å². The predicted molar refractivity (Wildman–Crippen MR) is 210 cm³/mol. The lowest BCUT2D eigenvalue weighted by Gasteiger charge is -2.07. The first-order valence-corrected chi connectivity index (χ1v) is 17.5. The second-order valence-corrected chi connectivity index (χ2v) is 13.9. The molecule has 0 saturated carbocycles. The second-order valence-electron chi connectivity index (χ2n) is 12.8. The lowest BCUT2D eigenvalue weighted by molar-refractivity contribution is 0.669. The van der Waals surface area contributed by atoms with Crippen LogP contribution >= 0.6 is 11.3 Å². The van der Waals surface area contributed by atoms with E-state index in [1.807, 2.05) is 53.8 Å². The average Bonchev–Trinajstić information content (AvgIpc) is 3.75. The normalized spacial score (nSPS) is 12.0. The molecular formula is C45H25N3OS. The Kier molecular flexibility index (Phi) is 5.80. The molecular weight excluding hydrogens is 631 g/mol. The molecule has 6 bridgehead atoms. The van der Waals surface area contributed by atoms with Crippen molar-refractivity contribution in [1.29, 1.82) is 0 Å². The highest BCUT2D eigenvalue weighted by Crippen LogP contribution is 2.39. The van der Waals surface area contributed by atoms with Gasteiger partial charge >= 0.3 is 0 Å². The number of rotatable bonds is 2. The minimum Gasteiger partial charge on any atom is -0.456 e. The molecule has 0 radical (unpaired) electrons. The molecule has 50 heavy (non-hydrogen) atoms. The van der Waals surface area contributed by atoms with Crippen LogP contribution in [-0.2, 0) is 0 Å². The summed E-state index contributed by atoms with van der Waals surface area (Å²) in [6.45, 7) is 0. The lowest BCUT2D eigenvalue weighted by atomic mass is 9.97. The summed E-state index contributed by atoms with van der Waals surface area (Å²) in [5.74, 6) is 0.635. The third-order valence-electron chi connectivity index (χ3n) is 9.88. The molecule has 0 aliphatic carbocycles. The molecule has 0 saturated heterocycles. The number of furan rings is 1. The summed E-state index contributed by atoms with van der Waals surface area (Å²) in [4.78, 5) is 15.2. The third-order valence-corrected chi connectivity index (χ3v) is 11.0. The molecule has 4 nitrogen and oxygen atoms in total. The molecule has 232 valence electrons. The Hall–Kier alpha value is -6.43. The molecule has 0 atom stereocenters. The second kappa shape index (κ2) is 10.5. The highest BCUT2D eigenvalue weighted by molar-refractivity contribution is 7.25. The molecule has 0 aliphatic heterocycles. The number of thiophene rings is 1. The van der Waals surface area contributed by atoms with Gasteiger partial charge in [-0.3, -0.25) is 0 Å². The number of nitrogens with zero attached hydrogens (tertiary/aromatic N) is 3. The van der Waals surface area contributed by atoms with Crippen LogP contribution in [0.3, 0.4) is 0 Å². The van der Waals surface area contributed by atoms with Crippen LogP contribution in [0.1, 0.15) is 0 Å². The van der Waals surface area contributed by atoms with E-state index in [0.29, 0.717) is 17.1 Å². The molecule has 0 spiro atoms. The quantitative estimate of drug-likeness (QED) is 0.186. The van der Waals surface area contributed by atoms with Crippen molar-refractivity contribution in [3.8, 4) is 22.5 Å². The maximum atomic E-state index is 6.43. The maximum absolute atomic E-state index is 6.43. The molecule has 5 heteroatoms. The van der Waals surface area contributed by atoms with E-state index < -0.39 is 0 Å². The van der Waals surface area contributed by atoms with Crippen LogP contribution in [-0.4, -0.2) is 15.0 Å². The van der Waals surface area contributed by atoms with E-state index in [4.69, 9.17) is 19.4 Å². The van der Waals surface area contributed by atoms with E-state index in [0.717, 1.165) is 59.8 Å². The van der Waals surface area contributed by atoms with Gasteiger partial charge in [-0.05, 0) is 81.2 Å². The summed E-state index contributed by atoms with van der Waals surface area (Å²) < 4.78 is 9.04. The van der Waals surface area contributed by atoms with Gasteiger partial charge in [0.2, 0.25) is 0 Å². The van der Waals surface area contributed by atoms with Crippen LogP contribution < -0.4 is 0 Å². The molecule has 0 unspecified atom stereocenters. The summed E-state index contributed by atoms with van der Waals surface area (Å²) in [5, 5.41) is 11.0. The molecule has 11 aromatic rings. The monoisotopic (exact) mass is 655 g/mol. The van der Waals surface area contributed by atoms with Gasteiger partial charge in [0, 0.05) is 47.3 Å². The molecule has 4 heterocycles. The first-order valence-electron chi connectivity index (χ1n) is 16.7. The van der Waals surface area contributed by atoms with Crippen LogP contribution in [0, 0.1) is 0 Å². The highest BCUT2D eigenvalue weighted by Gasteiger charge is 2.14. The van der Waals surface area contributed by atoms with Gasteiger partial charge in [-0.25, -0.2) is 15.0 Å². The zero-order valence-corrected chi connectivity index (χ0v) is 27.4. The molecule has 4 aromatic heterocycles. The Balaban J connectivity index is 1.29. The number of benzene rings is 7. The van der Waals surface area contributed by atoms with Crippen LogP contribution in [0.5, 0.6) is 0 Å². The van der Waals surface area contributed by atoms with Crippen molar-refractivity contribution in [2.75, 3.05) is 0 Å². The topological polar surface area (TPSA) is 51.8 Å². The van der Waals surface area contributed by atoms with Crippen molar-refractivity contribution in [1.82, 2.24) is 15.0 Å². The van der Waals surface area contributed by atoms with Gasteiger partial charge in [-0.2, -0.15) is 0 Å². The third kappa shape index (κ3) is 4.20. The molecule has 0 amide bonds. The van der Waals surface area contributed by atoms with E-state index in [1.54, 1.807) is 0 Å². The predicted octanol–water partition coefficient (Wildman–Crippen LogP) is 12.6. The van der Waals surface area contributed by atoms with Crippen LogP contribution in [0.2, 0.25) is 0 Å². The molecule has 7 aromatic carbocycles. The van der Waals surface area contributed by atoms with Gasteiger partial charge in [-0.15, -0.1) is 11.3 Å². The highest BCUT2D eigenvalue weighted by atomic mass is 32.1. The Morgan fingerprint density at radius 1 is 0.380 bits per heavy atom. The smallest absolute Gasteiger partial charge is 0.164 e. The first kappa shape index (κ1) is 27.5.